The Labute approximate surface area is 125 Å². The summed E-state index contributed by atoms with van der Waals surface area (Å²) < 4.78 is 31.6. The number of benzene rings is 1. The minimum absolute atomic E-state index is 0.00336. The summed E-state index contributed by atoms with van der Waals surface area (Å²) in [7, 11) is 1.21. The molecule has 1 amide bonds. The van der Waals surface area contributed by atoms with Crippen LogP contribution >= 0.6 is 0 Å². The number of carbonyl (C=O) groups excluding carboxylic acids is 1. The average Bonchev–Trinajstić information content (AvgIpc) is 2.91. The van der Waals surface area contributed by atoms with E-state index in [0.717, 1.165) is 29.2 Å². The van der Waals surface area contributed by atoms with Crippen molar-refractivity contribution in [2.45, 2.75) is 24.9 Å². The number of ether oxygens (including phenoxy) is 1. The lowest BCUT2D eigenvalue weighted by molar-refractivity contribution is -0.134. The molecule has 1 aliphatic heterocycles. The smallest absolute Gasteiger partial charge is 0.408 e. The molecule has 0 saturated carbocycles. The van der Waals surface area contributed by atoms with Crippen LogP contribution in [0.3, 0.4) is 0 Å². The quantitative estimate of drug-likeness (QED) is 0.688. The van der Waals surface area contributed by atoms with Crippen LogP contribution in [0.25, 0.3) is 0 Å². The SMILES string of the molecule is COC(=O)/C=C/[C@H]1CC[C@@H](c2cc(F)ccc2F)N1C(=O)O. The Balaban J connectivity index is 2.30. The number of rotatable bonds is 3. The predicted octanol–water partition coefficient (Wildman–Crippen LogP) is 2.88. The van der Waals surface area contributed by atoms with E-state index in [9.17, 15) is 23.5 Å². The van der Waals surface area contributed by atoms with E-state index >= 15 is 0 Å². The van der Waals surface area contributed by atoms with Crippen LogP contribution in [-0.4, -0.2) is 35.2 Å². The Kier molecular flexibility index (Phi) is 4.75. The summed E-state index contributed by atoms with van der Waals surface area (Å²) in [5.74, 6) is -1.89. The average molecular weight is 311 g/mol. The van der Waals surface area contributed by atoms with E-state index in [1.54, 1.807) is 0 Å². The number of amides is 1. The van der Waals surface area contributed by atoms with Gasteiger partial charge in [0.2, 0.25) is 0 Å². The fraction of sp³-hybridized carbons (Fsp3) is 0.333. The number of carboxylic acid groups (broad SMARTS) is 1. The van der Waals surface area contributed by atoms with Crippen LogP contribution in [-0.2, 0) is 9.53 Å². The van der Waals surface area contributed by atoms with E-state index in [2.05, 4.69) is 4.74 Å². The summed E-state index contributed by atoms with van der Waals surface area (Å²) in [6.45, 7) is 0. The zero-order valence-corrected chi connectivity index (χ0v) is 11.8. The van der Waals surface area contributed by atoms with Gasteiger partial charge >= 0.3 is 12.1 Å². The van der Waals surface area contributed by atoms with Gasteiger partial charge < -0.3 is 9.84 Å². The third-order valence-electron chi connectivity index (χ3n) is 3.62. The van der Waals surface area contributed by atoms with Crippen LogP contribution in [0.1, 0.15) is 24.4 Å². The van der Waals surface area contributed by atoms with Gasteiger partial charge in [-0.3, -0.25) is 4.90 Å². The number of methoxy groups -OCH3 is 1. The Morgan fingerprint density at radius 2 is 2.09 bits per heavy atom. The second kappa shape index (κ2) is 6.55. The lowest BCUT2D eigenvalue weighted by Gasteiger charge is -2.26. The van der Waals surface area contributed by atoms with Crippen LogP contribution in [0.2, 0.25) is 0 Å². The van der Waals surface area contributed by atoms with Gasteiger partial charge in [0.05, 0.1) is 19.2 Å². The van der Waals surface area contributed by atoms with E-state index in [0.29, 0.717) is 12.8 Å². The van der Waals surface area contributed by atoms with Crippen LogP contribution < -0.4 is 0 Å². The van der Waals surface area contributed by atoms with Gasteiger partial charge in [-0.05, 0) is 31.0 Å². The number of halogens is 2. The van der Waals surface area contributed by atoms with Crippen molar-refractivity contribution in [3.63, 3.8) is 0 Å². The summed E-state index contributed by atoms with van der Waals surface area (Å²) in [4.78, 5) is 23.6. The zero-order valence-electron chi connectivity index (χ0n) is 11.8. The third-order valence-corrected chi connectivity index (χ3v) is 3.62. The van der Waals surface area contributed by atoms with E-state index in [4.69, 9.17) is 0 Å². The Hall–Kier alpha value is -2.44. The molecule has 0 radical (unpaired) electrons. The van der Waals surface area contributed by atoms with Gasteiger partial charge in [-0.1, -0.05) is 6.08 Å². The molecular weight excluding hydrogens is 296 g/mol. The monoisotopic (exact) mass is 311 g/mol. The van der Waals surface area contributed by atoms with Gasteiger partial charge in [-0.2, -0.15) is 0 Å². The van der Waals surface area contributed by atoms with Gasteiger partial charge in [0.25, 0.3) is 0 Å². The normalized spacial score (nSPS) is 21.3. The molecule has 1 N–H and O–H groups in total. The summed E-state index contributed by atoms with van der Waals surface area (Å²) >= 11 is 0. The van der Waals surface area contributed by atoms with Gasteiger partial charge in [-0.25, -0.2) is 18.4 Å². The lowest BCUT2D eigenvalue weighted by atomic mass is 10.0. The molecule has 1 fully saturated rings. The largest absolute Gasteiger partial charge is 0.466 e. The highest BCUT2D eigenvalue weighted by Crippen LogP contribution is 2.38. The fourth-order valence-electron chi connectivity index (χ4n) is 2.64. The van der Waals surface area contributed by atoms with Crippen molar-refractivity contribution in [1.29, 1.82) is 0 Å². The molecule has 1 saturated heterocycles. The molecule has 0 aliphatic carbocycles. The van der Waals surface area contributed by atoms with Crippen molar-refractivity contribution in [3.05, 3.63) is 47.5 Å². The number of carbonyl (C=O) groups is 2. The van der Waals surface area contributed by atoms with Crippen molar-refractivity contribution in [2.75, 3.05) is 7.11 Å². The van der Waals surface area contributed by atoms with E-state index in [1.165, 1.54) is 13.2 Å². The van der Waals surface area contributed by atoms with Crippen molar-refractivity contribution in [2.24, 2.45) is 0 Å². The van der Waals surface area contributed by atoms with E-state index in [-0.39, 0.29) is 5.56 Å². The van der Waals surface area contributed by atoms with E-state index < -0.39 is 35.8 Å². The zero-order chi connectivity index (χ0) is 16.3. The fourth-order valence-corrected chi connectivity index (χ4v) is 2.64. The molecule has 0 aromatic heterocycles. The molecule has 7 heteroatoms. The van der Waals surface area contributed by atoms with Crippen LogP contribution in [0.15, 0.2) is 30.4 Å². The van der Waals surface area contributed by atoms with Crippen molar-refractivity contribution >= 4 is 12.1 Å². The number of esters is 1. The second-order valence-corrected chi connectivity index (χ2v) is 4.90. The van der Waals surface area contributed by atoms with Crippen LogP contribution in [0, 0.1) is 11.6 Å². The predicted molar refractivity (Wildman–Crippen MR) is 73.1 cm³/mol. The summed E-state index contributed by atoms with van der Waals surface area (Å²) in [6, 6.07) is 1.57. The Bertz CT molecular complexity index is 618. The first kappa shape index (κ1) is 15.9. The highest BCUT2D eigenvalue weighted by atomic mass is 19.1. The number of likely N-dealkylation sites (tertiary alicyclic amines) is 1. The number of hydrogen-bond donors (Lipinski definition) is 1. The molecule has 1 aromatic rings. The van der Waals surface area contributed by atoms with Crippen LogP contribution in [0.4, 0.5) is 13.6 Å². The first-order valence-corrected chi connectivity index (χ1v) is 6.66. The molecular formula is C15H15F2NO4. The van der Waals surface area contributed by atoms with Gasteiger partial charge in [-0.15, -0.1) is 0 Å². The highest BCUT2D eigenvalue weighted by Gasteiger charge is 2.38. The Morgan fingerprint density at radius 1 is 1.36 bits per heavy atom. The molecule has 118 valence electrons. The first-order valence-electron chi connectivity index (χ1n) is 6.66. The lowest BCUT2D eigenvalue weighted by Crippen LogP contribution is -2.35. The maximum absolute atomic E-state index is 13.9. The minimum atomic E-state index is -1.26. The topological polar surface area (TPSA) is 66.8 Å². The van der Waals surface area contributed by atoms with Gasteiger partial charge in [0, 0.05) is 11.6 Å². The number of hydrogen-bond acceptors (Lipinski definition) is 3. The second-order valence-electron chi connectivity index (χ2n) is 4.90. The van der Waals surface area contributed by atoms with Gasteiger partial charge in [0.1, 0.15) is 11.6 Å². The van der Waals surface area contributed by atoms with Crippen molar-refractivity contribution in [1.82, 2.24) is 4.90 Å². The summed E-state index contributed by atoms with van der Waals surface area (Å²) in [5.41, 5.74) is -0.00336. The molecule has 2 rings (SSSR count). The molecule has 0 spiro atoms. The molecule has 5 nitrogen and oxygen atoms in total. The van der Waals surface area contributed by atoms with Crippen molar-refractivity contribution < 1.29 is 28.2 Å². The Morgan fingerprint density at radius 3 is 2.73 bits per heavy atom. The molecule has 0 bridgehead atoms. The maximum Gasteiger partial charge on any atom is 0.408 e. The molecule has 0 unspecified atom stereocenters. The van der Waals surface area contributed by atoms with Gasteiger partial charge in [0.15, 0.2) is 0 Å². The van der Waals surface area contributed by atoms with Crippen molar-refractivity contribution in [3.8, 4) is 0 Å². The molecule has 1 aromatic carbocycles. The number of nitrogens with zero attached hydrogens (tertiary/aromatic N) is 1. The first-order chi connectivity index (χ1) is 10.4. The molecule has 1 heterocycles. The van der Waals surface area contributed by atoms with E-state index in [1.807, 2.05) is 0 Å². The standard InChI is InChI=1S/C15H15F2NO4/c1-22-14(19)7-4-10-3-6-13(18(10)15(20)21)11-8-9(16)2-5-12(11)17/h2,4-5,7-8,10,13H,3,6H2,1H3,(H,20,21)/b7-4+/t10-,13+/m1/s1. The third kappa shape index (κ3) is 3.24. The highest BCUT2D eigenvalue weighted by molar-refractivity contribution is 5.82. The summed E-state index contributed by atoms with van der Waals surface area (Å²) in [5, 5.41) is 9.36. The maximum atomic E-state index is 13.9. The van der Waals surface area contributed by atoms with Crippen LogP contribution in [0.5, 0.6) is 0 Å². The minimum Gasteiger partial charge on any atom is -0.466 e. The molecule has 1 aliphatic rings. The molecule has 2 atom stereocenters. The molecule has 22 heavy (non-hydrogen) atoms. The summed E-state index contributed by atoms with van der Waals surface area (Å²) in [6.07, 6.45) is 2.01.